The van der Waals surface area contributed by atoms with Gasteiger partial charge in [-0.2, -0.15) is 0 Å². The largest absolute Gasteiger partial charge is 0.458 e. The molecule has 6 rings (SSSR count). The topological polar surface area (TPSA) is 99.9 Å². The Balaban J connectivity index is 0.00000111. The molecule has 3 aliphatic heterocycles. The number of fused-ring (bicyclic) bond motifs is 6. The van der Waals surface area contributed by atoms with Crippen LogP contribution in [-0.2, 0) is 28.1 Å². The van der Waals surface area contributed by atoms with E-state index in [-0.39, 0.29) is 24.4 Å². The van der Waals surface area contributed by atoms with Gasteiger partial charge in [-0.25, -0.2) is 9.78 Å². The van der Waals surface area contributed by atoms with Crippen LogP contribution in [0, 0.1) is 0 Å². The second-order valence-corrected chi connectivity index (χ2v) is 9.15. The van der Waals surface area contributed by atoms with Crippen LogP contribution in [-0.4, -0.2) is 27.4 Å². The van der Waals surface area contributed by atoms with E-state index in [1.165, 1.54) is 0 Å². The first-order valence-corrected chi connectivity index (χ1v) is 11.1. The van der Waals surface area contributed by atoms with Gasteiger partial charge in [0.2, 0.25) is 6.79 Å². The summed E-state index contributed by atoms with van der Waals surface area (Å²) in [6.45, 7) is 10.8. The van der Waals surface area contributed by atoms with E-state index < -0.39 is 12.1 Å². The quantitative estimate of drug-likeness (QED) is 0.409. The third kappa shape index (κ3) is 3.04. The average molecular weight is 450 g/mol. The number of benzene rings is 1. The maximum Gasteiger partial charge on any atom is 0.340 e. The standard InChI is InChI=1S/C23H20N2O6.C2H6/c1-23(2,3)18-11-5-16-17(31-9-30-16)6-14(11)24-19-12(18)7-25-15(19)4-10-13(21(25)27)8-29-22(28)20(10)26;1-2/h4-6,20,26H,7-9H2,1-3H3;1-2H3. The molecule has 8 heteroatoms. The van der Waals surface area contributed by atoms with E-state index in [1.807, 2.05) is 26.0 Å². The average Bonchev–Trinajstić information content (AvgIpc) is 3.38. The molecule has 1 unspecified atom stereocenters. The second-order valence-electron chi connectivity index (χ2n) is 9.15. The summed E-state index contributed by atoms with van der Waals surface area (Å²) in [4.78, 5) is 30.0. The summed E-state index contributed by atoms with van der Waals surface area (Å²) in [6.07, 6.45) is -1.47. The molecule has 0 spiro atoms. The third-order valence-electron chi connectivity index (χ3n) is 6.20. The van der Waals surface area contributed by atoms with Crippen LogP contribution < -0.4 is 15.0 Å². The summed E-state index contributed by atoms with van der Waals surface area (Å²) in [5.74, 6) is 0.574. The van der Waals surface area contributed by atoms with Gasteiger partial charge >= 0.3 is 5.97 Å². The van der Waals surface area contributed by atoms with Gasteiger partial charge in [0.15, 0.2) is 17.6 Å². The Bertz CT molecular complexity index is 1380. The number of cyclic esters (lactones) is 1. The predicted molar refractivity (Wildman–Crippen MR) is 121 cm³/mol. The van der Waals surface area contributed by atoms with E-state index in [1.54, 1.807) is 10.6 Å². The van der Waals surface area contributed by atoms with Gasteiger partial charge in [-0.1, -0.05) is 34.6 Å². The zero-order chi connectivity index (χ0) is 23.7. The van der Waals surface area contributed by atoms with E-state index >= 15 is 0 Å². The van der Waals surface area contributed by atoms with Gasteiger partial charge in [-0.3, -0.25) is 4.79 Å². The van der Waals surface area contributed by atoms with Crippen LogP contribution in [0.2, 0.25) is 0 Å². The van der Waals surface area contributed by atoms with Crippen LogP contribution in [0.3, 0.4) is 0 Å². The summed E-state index contributed by atoms with van der Waals surface area (Å²) in [5.41, 5.74) is 4.17. The molecule has 0 bridgehead atoms. The van der Waals surface area contributed by atoms with Gasteiger partial charge in [0, 0.05) is 22.6 Å². The van der Waals surface area contributed by atoms with Crippen molar-refractivity contribution in [2.45, 2.75) is 59.3 Å². The minimum atomic E-state index is -1.47. The molecular formula is C25H26N2O6. The van der Waals surface area contributed by atoms with Crippen molar-refractivity contribution >= 4 is 16.9 Å². The van der Waals surface area contributed by atoms with Crippen molar-refractivity contribution in [3.05, 3.63) is 50.8 Å². The van der Waals surface area contributed by atoms with E-state index in [0.29, 0.717) is 40.6 Å². The van der Waals surface area contributed by atoms with Crippen molar-refractivity contribution in [2.24, 2.45) is 0 Å². The third-order valence-corrected chi connectivity index (χ3v) is 6.20. The van der Waals surface area contributed by atoms with Crippen molar-refractivity contribution in [1.29, 1.82) is 0 Å². The van der Waals surface area contributed by atoms with E-state index in [2.05, 4.69) is 20.8 Å². The molecule has 8 nitrogen and oxygen atoms in total. The SMILES string of the molecule is CC.CC(C)(C)c1c2c(nc3cc4c(cc13)OCO4)-c1cc3c(c(=O)n1C2)COC(=O)C3O. The number of aromatic nitrogens is 2. The van der Waals surface area contributed by atoms with Crippen LogP contribution >= 0.6 is 0 Å². The molecule has 2 aromatic heterocycles. The van der Waals surface area contributed by atoms with Crippen molar-refractivity contribution < 1.29 is 24.1 Å². The summed E-state index contributed by atoms with van der Waals surface area (Å²) >= 11 is 0. The maximum atomic E-state index is 13.2. The molecule has 0 saturated heterocycles. The molecule has 0 amide bonds. The van der Waals surface area contributed by atoms with Gasteiger partial charge in [-0.05, 0) is 23.1 Å². The fourth-order valence-corrected chi connectivity index (χ4v) is 4.87. The molecule has 3 aliphatic rings. The highest BCUT2D eigenvalue weighted by Gasteiger charge is 2.36. The minimum absolute atomic E-state index is 0.135. The van der Waals surface area contributed by atoms with Gasteiger partial charge in [0.1, 0.15) is 6.61 Å². The number of carbonyl (C=O) groups excluding carboxylic acids is 1. The number of aliphatic hydroxyl groups is 1. The van der Waals surface area contributed by atoms with Gasteiger partial charge in [0.25, 0.3) is 5.56 Å². The number of hydrogen-bond acceptors (Lipinski definition) is 7. The van der Waals surface area contributed by atoms with Crippen LogP contribution in [0.25, 0.3) is 22.3 Å². The zero-order valence-electron chi connectivity index (χ0n) is 19.3. The summed E-state index contributed by atoms with van der Waals surface area (Å²) in [7, 11) is 0. The first-order valence-electron chi connectivity index (χ1n) is 11.1. The Hall–Kier alpha value is -3.39. The predicted octanol–water partition coefficient (Wildman–Crippen LogP) is 3.57. The summed E-state index contributed by atoms with van der Waals surface area (Å²) in [6, 6.07) is 5.52. The highest BCUT2D eigenvalue weighted by molar-refractivity contribution is 5.92. The highest BCUT2D eigenvalue weighted by Crippen LogP contribution is 2.45. The highest BCUT2D eigenvalue weighted by atomic mass is 16.7. The molecule has 0 aliphatic carbocycles. The molecule has 172 valence electrons. The molecule has 1 atom stereocenters. The number of aliphatic hydroxyl groups excluding tert-OH is 1. The van der Waals surface area contributed by atoms with Gasteiger partial charge < -0.3 is 23.9 Å². The van der Waals surface area contributed by atoms with E-state index in [0.717, 1.165) is 22.0 Å². The number of hydrogen-bond donors (Lipinski definition) is 1. The van der Waals surface area contributed by atoms with Crippen LogP contribution in [0.5, 0.6) is 11.5 Å². The Labute approximate surface area is 190 Å². The molecule has 3 aromatic rings. The zero-order valence-corrected chi connectivity index (χ0v) is 19.3. The lowest BCUT2D eigenvalue weighted by Gasteiger charge is -2.24. The molecule has 0 fully saturated rings. The molecule has 1 aromatic carbocycles. The monoisotopic (exact) mass is 450 g/mol. The Kier molecular flexibility index (Phi) is 4.75. The normalized spacial score (nSPS) is 17.6. The van der Waals surface area contributed by atoms with Gasteiger partial charge in [-0.15, -0.1) is 0 Å². The van der Waals surface area contributed by atoms with Crippen molar-refractivity contribution in [2.75, 3.05) is 6.79 Å². The summed E-state index contributed by atoms with van der Waals surface area (Å²) < 4.78 is 17.7. The minimum Gasteiger partial charge on any atom is -0.458 e. The number of pyridine rings is 2. The Morgan fingerprint density at radius 1 is 1.03 bits per heavy atom. The Morgan fingerprint density at radius 3 is 2.42 bits per heavy atom. The van der Waals surface area contributed by atoms with Crippen LogP contribution in [0.15, 0.2) is 23.0 Å². The van der Waals surface area contributed by atoms with E-state index in [4.69, 9.17) is 19.2 Å². The van der Waals surface area contributed by atoms with Crippen LogP contribution in [0.1, 0.15) is 63.0 Å². The number of nitrogens with zero attached hydrogens (tertiary/aromatic N) is 2. The first kappa shape index (κ1) is 21.5. The second kappa shape index (κ2) is 7.31. The number of ether oxygens (including phenoxy) is 3. The number of rotatable bonds is 0. The van der Waals surface area contributed by atoms with E-state index in [9.17, 15) is 14.7 Å². The first-order chi connectivity index (χ1) is 15.7. The smallest absolute Gasteiger partial charge is 0.340 e. The lowest BCUT2D eigenvalue weighted by Crippen LogP contribution is -2.32. The van der Waals surface area contributed by atoms with Gasteiger partial charge in [0.05, 0.1) is 29.0 Å². The number of esters is 1. The fourth-order valence-electron chi connectivity index (χ4n) is 4.87. The van der Waals surface area contributed by atoms with Crippen molar-refractivity contribution in [1.82, 2.24) is 9.55 Å². The summed E-state index contributed by atoms with van der Waals surface area (Å²) in [5, 5.41) is 11.3. The maximum absolute atomic E-state index is 13.2. The molecular weight excluding hydrogens is 424 g/mol. The van der Waals surface area contributed by atoms with Crippen molar-refractivity contribution in [3.63, 3.8) is 0 Å². The fraction of sp³-hybridized carbons (Fsp3) is 0.400. The lowest BCUT2D eigenvalue weighted by atomic mass is 9.81. The number of carbonyl (C=O) groups is 1. The molecule has 1 N–H and O–H groups in total. The lowest BCUT2D eigenvalue weighted by molar-refractivity contribution is -0.157. The Morgan fingerprint density at radius 2 is 1.73 bits per heavy atom. The molecule has 0 saturated carbocycles. The molecule has 5 heterocycles. The molecule has 0 radical (unpaired) electrons. The van der Waals surface area contributed by atoms with Crippen LogP contribution in [0.4, 0.5) is 0 Å². The van der Waals surface area contributed by atoms with Crippen molar-refractivity contribution in [3.8, 4) is 22.9 Å². The molecule has 33 heavy (non-hydrogen) atoms.